The second-order valence-electron chi connectivity index (χ2n) is 15.1. The largest absolute Gasteiger partial charge is 0.454 e. The first-order chi connectivity index (χ1) is 21.3. The Morgan fingerprint density at radius 3 is 1.83 bits per heavy atom. The number of rotatable bonds is 4. The van der Waals surface area contributed by atoms with Crippen LogP contribution in [0.2, 0.25) is 0 Å². The van der Waals surface area contributed by atoms with Gasteiger partial charge in [-0.2, -0.15) is 0 Å². The zero-order chi connectivity index (χ0) is 33.6. The van der Waals surface area contributed by atoms with E-state index in [1.165, 1.54) is 6.07 Å². The quantitative estimate of drug-likeness (QED) is 0.263. The summed E-state index contributed by atoms with van der Waals surface area (Å²) in [4.78, 5) is 67.6. The van der Waals surface area contributed by atoms with Crippen LogP contribution in [-0.2, 0) is 48.9 Å². The summed E-state index contributed by atoms with van der Waals surface area (Å²) in [5, 5.41) is -0.385. The molecule has 0 N–H and O–H groups in total. The second-order valence-corrected chi connectivity index (χ2v) is 16.9. The number of carbonyl (C=O) groups excluding carboxylic acids is 4. The Balaban J connectivity index is 1.37. The van der Waals surface area contributed by atoms with Gasteiger partial charge in [0, 0.05) is 22.3 Å². The standard InChI is InChI=1S/C34H38O11S/c1-16-15-20(35)41-23-18(16)9-10-19-21(23)24(43-28(39)34-14-12-32(8,26(37)45-34)30(34,5)6)22(17(2)46(19)40)42-27(38)33-13-11-31(7,25(36)44-33)29(33,3)4/h9-10,15,17,22,24H,11-14H2,1-8H3/t17-,22+,24-,31-,32-,33+,34+,46?/m1/s1. The summed E-state index contributed by atoms with van der Waals surface area (Å²) in [6, 6.07) is 4.63. The summed E-state index contributed by atoms with van der Waals surface area (Å²) >= 11 is 0. The molecular weight excluding hydrogens is 616 g/mol. The van der Waals surface area contributed by atoms with Gasteiger partial charge in [-0.05, 0) is 71.1 Å². The van der Waals surface area contributed by atoms with Gasteiger partial charge in [0.1, 0.15) is 5.58 Å². The van der Waals surface area contributed by atoms with Gasteiger partial charge in [-0.15, -0.1) is 0 Å². The molecule has 246 valence electrons. The van der Waals surface area contributed by atoms with Crippen LogP contribution in [0, 0.1) is 28.6 Å². The van der Waals surface area contributed by atoms with Crippen LogP contribution in [0.5, 0.6) is 0 Å². The lowest BCUT2D eigenvalue weighted by Crippen LogP contribution is -2.54. The van der Waals surface area contributed by atoms with E-state index >= 15 is 0 Å². The number of esters is 4. The van der Waals surface area contributed by atoms with Crippen molar-refractivity contribution in [1.29, 1.82) is 0 Å². The van der Waals surface area contributed by atoms with Gasteiger partial charge >= 0.3 is 29.5 Å². The highest BCUT2D eigenvalue weighted by Crippen LogP contribution is 2.67. The van der Waals surface area contributed by atoms with E-state index in [4.69, 9.17) is 23.4 Å². The minimum Gasteiger partial charge on any atom is -0.454 e. The van der Waals surface area contributed by atoms with Crippen LogP contribution in [0.15, 0.2) is 32.3 Å². The third-order valence-electron chi connectivity index (χ3n) is 13.0. The van der Waals surface area contributed by atoms with Crippen molar-refractivity contribution >= 4 is 45.6 Å². The van der Waals surface area contributed by atoms with Gasteiger partial charge in [-0.3, -0.25) is 13.8 Å². The maximum absolute atomic E-state index is 14.4. The number of aryl methyl sites for hydroxylation is 1. The van der Waals surface area contributed by atoms with Gasteiger partial charge in [0.05, 0.1) is 37.3 Å². The van der Waals surface area contributed by atoms with E-state index in [9.17, 15) is 28.2 Å². The van der Waals surface area contributed by atoms with E-state index in [0.717, 1.165) is 0 Å². The normalized spacial score (nSPS) is 39.6. The Bertz CT molecular complexity index is 1870. The van der Waals surface area contributed by atoms with Crippen molar-refractivity contribution in [2.45, 2.75) is 115 Å². The lowest BCUT2D eigenvalue weighted by molar-refractivity contribution is -0.202. The smallest absolute Gasteiger partial charge is 0.351 e. The number of hydrogen-bond donors (Lipinski definition) is 0. The molecule has 7 rings (SSSR count). The van der Waals surface area contributed by atoms with E-state index in [1.807, 2.05) is 0 Å². The molecule has 0 amide bonds. The maximum Gasteiger partial charge on any atom is 0.351 e. The highest BCUT2D eigenvalue weighted by atomic mass is 32.2. The highest BCUT2D eigenvalue weighted by molar-refractivity contribution is 7.85. The Morgan fingerprint density at radius 2 is 1.35 bits per heavy atom. The van der Waals surface area contributed by atoms with Crippen molar-refractivity contribution in [3.63, 3.8) is 0 Å². The van der Waals surface area contributed by atoms with Crippen molar-refractivity contribution in [2.24, 2.45) is 21.7 Å². The zero-order valence-electron chi connectivity index (χ0n) is 27.2. The molecule has 1 aromatic carbocycles. The molecule has 11 nitrogen and oxygen atoms in total. The summed E-state index contributed by atoms with van der Waals surface area (Å²) in [5.41, 5.74) is -6.82. The van der Waals surface area contributed by atoms with Crippen LogP contribution >= 0.6 is 0 Å². The summed E-state index contributed by atoms with van der Waals surface area (Å²) < 4.78 is 43.8. The fourth-order valence-corrected chi connectivity index (χ4v) is 10.2. The van der Waals surface area contributed by atoms with Gasteiger partial charge in [0.2, 0.25) is 11.2 Å². The molecule has 5 aliphatic rings. The van der Waals surface area contributed by atoms with Gasteiger partial charge < -0.3 is 23.4 Å². The third kappa shape index (κ3) is 3.33. The van der Waals surface area contributed by atoms with Crippen LogP contribution in [0.4, 0.5) is 0 Å². The summed E-state index contributed by atoms with van der Waals surface area (Å²) in [6.07, 6.45) is -1.47. The van der Waals surface area contributed by atoms with Gasteiger partial charge in [-0.25, -0.2) is 14.4 Å². The molecule has 1 unspecified atom stereocenters. The van der Waals surface area contributed by atoms with E-state index < -0.39 is 90.6 Å². The Morgan fingerprint density at radius 1 is 0.826 bits per heavy atom. The topological polar surface area (TPSA) is 152 Å². The van der Waals surface area contributed by atoms with Gasteiger partial charge in [0.25, 0.3) is 0 Å². The summed E-state index contributed by atoms with van der Waals surface area (Å²) in [6.45, 7) is 14.0. The summed E-state index contributed by atoms with van der Waals surface area (Å²) in [5.74, 6) is -2.66. The first-order valence-electron chi connectivity index (χ1n) is 15.7. The average molecular weight is 655 g/mol. The number of hydrogen-bond acceptors (Lipinski definition) is 11. The van der Waals surface area contributed by atoms with Crippen molar-refractivity contribution in [3.05, 3.63) is 39.7 Å². The first kappa shape index (κ1) is 31.1. The Kier molecular flexibility index (Phi) is 6.13. The predicted molar refractivity (Wildman–Crippen MR) is 162 cm³/mol. The minimum absolute atomic E-state index is 0.0530. The number of fused-ring (bicyclic) bond motifs is 7. The van der Waals surface area contributed by atoms with E-state index in [0.29, 0.717) is 23.8 Å². The van der Waals surface area contributed by atoms with Crippen LogP contribution in [0.25, 0.3) is 11.0 Å². The van der Waals surface area contributed by atoms with E-state index in [1.54, 1.807) is 67.5 Å². The monoisotopic (exact) mass is 654 g/mol. The number of benzene rings is 1. The predicted octanol–water partition coefficient (Wildman–Crippen LogP) is 4.35. The molecule has 0 spiro atoms. The molecule has 8 atom stereocenters. The SMILES string of the molecule is Cc1cc(=O)oc2c3c(ccc12)S(=O)[C@H](C)[C@H](OC(=O)[C@]12CC[C@](C)(C(=O)O1)C2(C)C)[C@@H]3OC(=O)[C@]12CC[C@](C)(C(=O)O1)C2(C)C. The summed E-state index contributed by atoms with van der Waals surface area (Å²) in [7, 11) is -1.81. The molecule has 2 aromatic rings. The lowest BCUT2D eigenvalue weighted by atomic mass is 9.66. The average Bonchev–Trinajstić information content (AvgIpc) is 3.45. The number of ether oxygens (including phenoxy) is 4. The minimum atomic E-state index is -1.81. The molecule has 3 aliphatic heterocycles. The van der Waals surface area contributed by atoms with Crippen molar-refractivity contribution in [2.75, 3.05) is 0 Å². The molecule has 1 aromatic heterocycles. The van der Waals surface area contributed by atoms with Crippen LogP contribution < -0.4 is 5.63 Å². The second kappa shape index (κ2) is 9.08. The van der Waals surface area contributed by atoms with Crippen LogP contribution in [-0.4, -0.2) is 50.6 Å². The van der Waals surface area contributed by atoms with Gasteiger partial charge in [0.15, 0.2) is 12.2 Å². The maximum atomic E-state index is 14.4. The van der Waals surface area contributed by atoms with Gasteiger partial charge in [-0.1, -0.05) is 27.7 Å². The van der Waals surface area contributed by atoms with E-state index in [-0.39, 0.29) is 28.9 Å². The molecule has 4 heterocycles. The molecule has 12 heteroatoms. The fourth-order valence-electron chi connectivity index (χ4n) is 8.68. The molecule has 4 bridgehead atoms. The molecule has 2 aliphatic carbocycles. The molecule has 46 heavy (non-hydrogen) atoms. The molecule has 2 saturated heterocycles. The first-order valence-corrected chi connectivity index (χ1v) is 16.9. The molecule has 0 radical (unpaired) electrons. The Hall–Kier alpha value is -3.54. The zero-order valence-corrected chi connectivity index (χ0v) is 28.0. The van der Waals surface area contributed by atoms with E-state index in [2.05, 4.69) is 0 Å². The molecule has 2 saturated carbocycles. The fraction of sp³-hybridized carbons (Fsp3) is 0.618. The van der Waals surface area contributed by atoms with Crippen LogP contribution in [0.1, 0.15) is 91.4 Å². The molecular formula is C34H38O11S. The third-order valence-corrected chi connectivity index (χ3v) is 14.8. The van der Waals surface area contributed by atoms with Crippen molar-refractivity contribution < 1.29 is 46.8 Å². The van der Waals surface area contributed by atoms with Crippen molar-refractivity contribution in [3.8, 4) is 0 Å². The Labute approximate surface area is 268 Å². The number of carbonyl (C=O) groups is 4. The van der Waals surface area contributed by atoms with Crippen molar-refractivity contribution in [1.82, 2.24) is 0 Å². The van der Waals surface area contributed by atoms with Crippen LogP contribution in [0.3, 0.4) is 0 Å². The highest BCUT2D eigenvalue weighted by Gasteiger charge is 2.78. The lowest BCUT2D eigenvalue weighted by Gasteiger charge is -2.41. The molecule has 4 fully saturated rings.